The summed E-state index contributed by atoms with van der Waals surface area (Å²) in [4.78, 5) is 10.4. The van der Waals surface area contributed by atoms with Crippen molar-refractivity contribution >= 4 is 21.6 Å². The van der Waals surface area contributed by atoms with Crippen LogP contribution in [0, 0.1) is 6.07 Å². The van der Waals surface area contributed by atoms with E-state index in [1.807, 2.05) is 0 Å². The van der Waals surface area contributed by atoms with Crippen molar-refractivity contribution in [1.29, 1.82) is 0 Å². The van der Waals surface area contributed by atoms with Crippen LogP contribution in [-0.4, -0.2) is 4.57 Å². The van der Waals surface area contributed by atoms with E-state index in [9.17, 15) is 13.6 Å². The highest BCUT2D eigenvalue weighted by atomic mass is 32.1. The van der Waals surface area contributed by atoms with Crippen molar-refractivity contribution in [3.63, 3.8) is 0 Å². The van der Waals surface area contributed by atoms with E-state index in [1.54, 1.807) is 0 Å². The van der Waals surface area contributed by atoms with E-state index in [1.165, 1.54) is 18.2 Å². The summed E-state index contributed by atoms with van der Waals surface area (Å²) in [6.45, 7) is -2.77. The van der Waals surface area contributed by atoms with Crippen molar-refractivity contribution in [2.24, 2.45) is 0 Å². The van der Waals surface area contributed by atoms with Crippen LogP contribution in [0.5, 0.6) is 0 Å². The van der Waals surface area contributed by atoms with Gasteiger partial charge in [0.25, 0.3) is 0 Å². The molecule has 0 saturated carbocycles. The maximum atomic E-state index is 12.4. The summed E-state index contributed by atoms with van der Waals surface area (Å²) in [6.07, 6.45) is 0. The standard InChI is InChI=1S/C8H4F2NOS/c9-7(10)11-5-3-1-2-4-6(5)13-8(11)12/h1,3-4,7H. The molecule has 2 nitrogen and oxygen atoms in total. The maximum Gasteiger partial charge on any atom is 0.322 e. The Morgan fingerprint density at radius 1 is 1.54 bits per heavy atom. The fourth-order valence-electron chi connectivity index (χ4n) is 1.11. The molecule has 67 valence electrons. The summed E-state index contributed by atoms with van der Waals surface area (Å²) in [5.74, 6) is 0. The number of fused-ring (bicyclic) bond motifs is 1. The van der Waals surface area contributed by atoms with Gasteiger partial charge < -0.3 is 0 Å². The molecule has 5 heteroatoms. The maximum absolute atomic E-state index is 12.4. The van der Waals surface area contributed by atoms with Crippen LogP contribution in [0.15, 0.2) is 23.0 Å². The van der Waals surface area contributed by atoms with Gasteiger partial charge in [-0.25, -0.2) is 4.57 Å². The number of benzene rings is 1. The molecule has 1 heterocycles. The van der Waals surface area contributed by atoms with Crippen LogP contribution in [0.1, 0.15) is 6.55 Å². The van der Waals surface area contributed by atoms with E-state index in [2.05, 4.69) is 6.07 Å². The number of thiazole rings is 1. The van der Waals surface area contributed by atoms with Crippen molar-refractivity contribution in [1.82, 2.24) is 4.57 Å². The molecule has 1 radical (unpaired) electrons. The van der Waals surface area contributed by atoms with Gasteiger partial charge in [0.1, 0.15) is 0 Å². The molecule has 0 saturated heterocycles. The Hall–Kier alpha value is -1.23. The molecule has 0 fully saturated rings. The molecule has 13 heavy (non-hydrogen) atoms. The third-order valence-corrected chi connectivity index (χ3v) is 2.57. The second-order valence-corrected chi connectivity index (χ2v) is 3.40. The Morgan fingerprint density at radius 3 is 3.00 bits per heavy atom. The fraction of sp³-hybridized carbons (Fsp3) is 0.125. The molecule has 0 spiro atoms. The molecule has 1 aromatic heterocycles. The van der Waals surface area contributed by atoms with E-state index in [4.69, 9.17) is 0 Å². The lowest BCUT2D eigenvalue weighted by Crippen LogP contribution is -2.12. The van der Waals surface area contributed by atoms with E-state index < -0.39 is 11.4 Å². The van der Waals surface area contributed by atoms with E-state index in [-0.39, 0.29) is 5.52 Å². The van der Waals surface area contributed by atoms with Crippen molar-refractivity contribution in [2.75, 3.05) is 0 Å². The first kappa shape index (κ1) is 8.37. The van der Waals surface area contributed by atoms with Crippen LogP contribution in [0.2, 0.25) is 0 Å². The van der Waals surface area contributed by atoms with Crippen LogP contribution < -0.4 is 4.87 Å². The van der Waals surface area contributed by atoms with Crippen LogP contribution in [0.3, 0.4) is 0 Å². The average molecular weight is 200 g/mol. The van der Waals surface area contributed by atoms with E-state index >= 15 is 0 Å². The Bertz CT molecular complexity index is 488. The molecule has 0 bridgehead atoms. The molecule has 0 N–H and O–H groups in total. The van der Waals surface area contributed by atoms with Crippen molar-refractivity contribution < 1.29 is 8.78 Å². The Labute approximate surface area is 76.0 Å². The highest BCUT2D eigenvalue weighted by molar-refractivity contribution is 7.16. The molecule has 1 aromatic carbocycles. The first-order chi connectivity index (χ1) is 6.20. The molecule has 0 unspecified atom stereocenters. The molecule has 0 aliphatic heterocycles. The van der Waals surface area contributed by atoms with Crippen LogP contribution in [0.25, 0.3) is 10.2 Å². The second-order valence-electron chi connectivity index (χ2n) is 2.41. The Balaban J connectivity index is 2.87. The van der Waals surface area contributed by atoms with Crippen molar-refractivity contribution in [2.45, 2.75) is 6.55 Å². The van der Waals surface area contributed by atoms with E-state index in [0.29, 0.717) is 9.27 Å². The minimum Gasteiger partial charge on any atom is -0.256 e. The lowest BCUT2D eigenvalue weighted by molar-refractivity contribution is 0.0729. The van der Waals surface area contributed by atoms with Gasteiger partial charge in [-0.1, -0.05) is 17.4 Å². The number of alkyl halides is 2. The highest BCUT2D eigenvalue weighted by Crippen LogP contribution is 2.20. The molecule has 0 atom stereocenters. The summed E-state index contributed by atoms with van der Waals surface area (Å²) in [5.41, 5.74) is 0.267. The topological polar surface area (TPSA) is 22.0 Å². The molecule has 2 rings (SSSR count). The number of nitrogens with zero attached hydrogens (tertiary/aromatic N) is 1. The third kappa shape index (κ3) is 1.25. The first-order valence-corrected chi connectivity index (χ1v) is 4.31. The third-order valence-electron chi connectivity index (χ3n) is 1.65. The second kappa shape index (κ2) is 2.92. The average Bonchev–Trinajstić information content (AvgIpc) is 2.39. The molecular weight excluding hydrogens is 196 g/mol. The van der Waals surface area contributed by atoms with Gasteiger partial charge in [0.05, 0.1) is 10.2 Å². The van der Waals surface area contributed by atoms with E-state index in [0.717, 1.165) is 11.3 Å². The highest BCUT2D eigenvalue weighted by Gasteiger charge is 2.13. The zero-order valence-corrected chi connectivity index (χ0v) is 7.15. The van der Waals surface area contributed by atoms with Crippen LogP contribution in [0.4, 0.5) is 8.78 Å². The zero-order valence-electron chi connectivity index (χ0n) is 6.33. The minimum absolute atomic E-state index is 0.267. The first-order valence-electron chi connectivity index (χ1n) is 3.49. The van der Waals surface area contributed by atoms with Crippen molar-refractivity contribution in [3.8, 4) is 0 Å². The van der Waals surface area contributed by atoms with Gasteiger partial charge in [-0.05, 0) is 18.2 Å². The molecular formula is C8H4F2NOS. The molecule has 0 aliphatic rings. The number of halogens is 2. The van der Waals surface area contributed by atoms with Crippen LogP contribution in [-0.2, 0) is 0 Å². The predicted molar refractivity (Wildman–Crippen MR) is 46.2 cm³/mol. The minimum atomic E-state index is -2.77. The van der Waals surface area contributed by atoms with Gasteiger partial charge in [-0.15, -0.1) is 0 Å². The lowest BCUT2D eigenvalue weighted by atomic mass is 10.3. The summed E-state index contributed by atoms with van der Waals surface area (Å²) in [6, 6.07) is 7.22. The predicted octanol–water partition coefficient (Wildman–Crippen LogP) is 2.26. The summed E-state index contributed by atoms with van der Waals surface area (Å²) >= 11 is 0.803. The fourth-order valence-corrected chi connectivity index (χ4v) is 1.98. The summed E-state index contributed by atoms with van der Waals surface area (Å²) < 4.78 is 25.7. The monoisotopic (exact) mass is 200 g/mol. The molecule has 2 aromatic rings. The van der Waals surface area contributed by atoms with Crippen molar-refractivity contribution in [3.05, 3.63) is 33.9 Å². The summed E-state index contributed by atoms with van der Waals surface area (Å²) in [5, 5.41) is 0. The Morgan fingerprint density at radius 2 is 2.31 bits per heavy atom. The SMILES string of the molecule is O=c1sc2c[c]ccc2n1C(F)F. The zero-order chi connectivity index (χ0) is 9.42. The number of hydrogen-bond donors (Lipinski definition) is 0. The Kier molecular flexibility index (Phi) is 1.88. The molecule has 0 aliphatic carbocycles. The van der Waals surface area contributed by atoms with Gasteiger partial charge in [0, 0.05) is 0 Å². The largest absolute Gasteiger partial charge is 0.322 e. The lowest BCUT2D eigenvalue weighted by Gasteiger charge is -1.99. The number of aromatic nitrogens is 1. The van der Waals surface area contributed by atoms with Crippen LogP contribution >= 0.6 is 11.3 Å². The molecule has 0 amide bonds. The van der Waals surface area contributed by atoms with Gasteiger partial charge in [0.2, 0.25) is 0 Å². The smallest absolute Gasteiger partial charge is 0.256 e. The summed E-state index contributed by atoms with van der Waals surface area (Å²) in [7, 11) is 0. The van der Waals surface area contributed by atoms with Gasteiger partial charge in [-0.3, -0.25) is 4.79 Å². The van der Waals surface area contributed by atoms with Gasteiger partial charge >= 0.3 is 11.4 Å². The van der Waals surface area contributed by atoms with Gasteiger partial charge in [0.15, 0.2) is 0 Å². The normalized spacial score (nSPS) is 11.3. The number of rotatable bonds is 1. The quantitative estimate of drug-likeness (QED) is 0.692. The van der Waals surface area contributed by atoms with Gasteiger partial charge in [-0.2, -0.15) is 8.78 Å². The number of hydrogen-bond acceptors (Lipinski definition) is 2.